The minimum absolute atomic E-state index is 0.0452. The van der Waals surface area contributed by atoms with E-state index in [1.807, 2.05) is 0 Å². The van der Waals surface area contributed by atoms with Crippen LogP contribution >= 0.6 is 0 Å². The van der Waals surface area contributed by atoms with E-state index in [4.69, 9.17) is 5.73 Å². The van der Waals surface area contributed by atoms with Gasteiger partial charge in [0.25, 0.3) is 5.91 Å². The van der Waals surface area contributed by atoms with Crippen molar-refractivity contribution in [3.63, 3.8) is 0 Å². The lowest BCUT2D eigenvalue weighted by Crippen LogP contribution is -2.44. The van der Waals surface area contributed by atoms with E-state index in [0.717, 1.165) is 12.8 Å². The number of rotatable bonds is 4. The molecule has 1 heterocycles. The highest BCUT2D eigenvalue weighted by molar-refractivity contribution is 5.95. The number of nitrogens with zero attached hydrogens (tertiary/aromatic N) is 1. The number of carbonyl (C=O) groups excluding carboxylic acids is 2. The second kappa shape index (κ2) is 8.53. The van der Waals surface area contributed by atoms with Gasteiger partial charge in [-0.2, -0.15) is 0 Å². The number of hydrogen-bond donors (Lipinski definition) is 3. The molecule has 0 saturated carbocycles. The maximum absolute atomic E-state index is 13.2. The Morgan fingerprint density at radius 3 is 2.78 bits per heavy atom. The maximum Gasteiger partial charge on any atom is 0.319 e. The van der Waals surface area contributed by atoms with Crippen molar-refractivity contribution in [3.05, 3.63) is 59.9 Å². The van der Waals surface area contributed by atoms with Gasteiger partial charge in [-0.25, -0.2) is 9.18 Å². The number of hydrogen-bond acceptors (Lipinski definition) is 3. The molecular formula is C20H23FN4O2. The molecule has 3 amide bonds. The summed E-state index contributed by atoms with van der Waals surface area (Å²) < 4.78 is 13.2. The third-order valence-electron chi connectivity index (χ3n) is 4.57. The lowest BCUT2D eigenvalue weighted by atomic mass is 9.97. The number of anilines is 2. The van der Waals surface area contributed by atoms with E-state index in [9.17, 15) is 14.0 Å². The normalized spacial score (nSPS) is 16.6. The number of nitrogens with two attached hydrogens (primary N) is 1. The molecule has 0 aliphatic carbocycles. The molecule has 0 spiro atoms. The zero-order chi connectivity index (χ0) is 19.2. The van der Waals surface area contributed by atoms with Crippen molar-refractivity contribution in [1.29, 1.82) is 0 Å². The van der Waals surface area contributed by atoms with Crippen LogP contribution in [0.3, 0.4) is 0 Å². The van der Waals surface area contributed by atoms with Crippen molar-refractivity contribution >= 4 is 23.3 Å². The van der Waals surface area contributed by atoms with Crippen LogP contribution in [0.1, 0.15) is 23.2 Å². The summed E-state index contributed by atoms with van der Waals surface area (Å²) in [5.41, 5.74) is 7.29. The van der Waals surface area contributed by atoms with Crippen LogP contribution in [0.2, 0.25) is 0 Å². The first kappa shape index (κ1) is 18.7. The molecule has 142 valence electrons. The molecule has 0 aromatic heterocycles. The fourth-order valence-electron chi connectivity index (χ4n) is 3.25. The zero-order valence-corrected chi connectivity index (χ0v) is 15.0. The Bertz CT molecular complexity index is 827. The summed E-state index contributed by atoms with van der Waals surface area (Å²) in [6.07, 6.45) is 1.81. The lowest BCUT2D eigenvalue weighted by molar-refractivity contribution is 0.0675. The van der Waals surface area contributed by atoms with Crippen LogP contribution < -0.4 is 16.4 Å². The van der Waals surface area contributed by atoms with Crippen LogP contribution in [0.15, 0.2) is 48.5 Å². The average Bonchev–Trinajstić information content (AvgIpc) is 2.66. The first-order valence-electron chi connectivity index (χ1n) is 8.96. The molecule has 2 aromatic carbocycles. The molecule has 3 rings (SSSR count). The fraction of sp³-hybridized carbons (Fsp3) is 0.300. The summed E-state index contributed by atoms with van der Waals surface area (Å²) in [4.78, 5) is 26.4. The van der Waals surface area contributed by atoms with Crippen LogP contribution in [0, 0.1) is 11.7 Å². The molecule has 2 aromatic rings. The largest absolute Gasteiger partial charge is 0.399 e. The van der Waals surface area contributed by atoms with Gasteiger partial charge in [0.15, 0.2) is 0 Å². The number of nitrogen functional groups attached to an aromatic ring is 1. The second-order valence-corrected chi connectivity index (χ2v) is 6.73. The SMILES string of the molecule is Nc1cccc(C(=O)N2CCCC(CNC(=O)Nc3cccc(F)c3)C2)c1. The van der Waals surface area contributed by atoms with Crippen molar-refractivity contribution in [2.75, 3.05) is 30.7 Å². The zero-order valence-electron chi connectivity index (χ0n) is 15.0. The van der Waals surface area contributed by atoms with Crippen LogP contribution in [0.4, 0.5) is 20.6 Å². The van der Waals surface area contributed by atoms with Gasteiger partial charge in [0.2, 0.25) is 0 Å². The molecule has 1 aliphatic heterocycles. The van der Waals surface area contributed by atoms with Gasteiger partial charge in [-0.3, -0.25) is 4.79 Å². The number of likely N-dealkylation sites (tertiary alicyclic amines) is 1. The lowest BCUT2D eigenvalue weighted by Gasteiger charge is -2.33. The Hall–Kier alpha value is -3.09. The highest BCUT2D eigenvalue weighted by atomic mass is 19.1. The standard InChI is InChI=1S/C20H23FN4O2/c21-16-6-2-8-18(11-16)24-20(27)23-12-14-4-3-9-25(13-14)19(26)15-5-1-7-17(22)10-15/h1-2,5-8,10-11,14H,3-4,9,12-13,22H2,(H2,23,24,27). The number of benzene rings is 2. The number of nitrogens with one attached hydrogen (secondary N) is 2. The van der Waals surface area contributed by atoms with Gasteiger partial charge in [-0.05, 0) is 55.2 Å². The maximum atomic E-state index is 13.2. The van der Waals surface area contributed by atoms with Crippen LogP contribution in [-0.2, 0) is 0 Å². The molecular weight excluding hydrogens is 347 g/mol. The topological polar surface area (TPSA) is 87.5 Å². The molecule has 4 N–H and O–H groups in total. The van der Waals surface area contributed by atoms with Gasteiger partial charge in [-0.15, -0.1) is 0 Å². The van der Waals surface area contributed by atoms with E-state index >= 15 is 0 Å². The Morgan fingerprint density at radius 1 is 1.19 bits per heavy atom. The minimum Gasteiger partial charge on any atom is -0.399 e. The first-order chi connectivity index (χ1) is 13.0. The smallest absolute Gasteiger partial charge is 0.319 e. The van der Waals surface area contributed by atoms with Gasteiger partial charge in [-0.1, -0.05) is 12.1 Å². The van der Waals surface area contributed by atoms with Crippen molar-refractivity contribution in [3.8, 4) is 0 Å². The highest BCUT2D eigenvalue weighted by Crippen LogP contribution is 2.19. The Balaban J connectivity index is 1.51. The molecule has 1 atom stereocenters. The number of carbonyl (C=O) groups is 2. The number of halogens is 1. The van der Waals surface area contributed by atoms with Gasteiger partial charge >= 0.3 is 6.03 Å². The third-order valence-corrected chi connectivity index (χ3v) is 4.57. The Kier molecular flexibility index (Phi) is 5.90. The molecule has 1 saturated heterocycles. The summed E-state index contributed by atoms with van der Waals surface area (Å²) in [6.45, 7) is 1.72. The monoisotopic (exact) mass is 370 g/mol. The molecule has 0 bridgehead atoms. The van der Waals surface area contributed by atoms with E-state index < -0.39 is 5.82 Å². The van der Waals surface area contributed by atoms with Crippen molar-refractivity contribution in [2.24, 2.45) is 5.92 Å². The second-order valence-electron chi connectivity index (χ2n) is 6.73. The van der Waals surface area contributed by atoms with E-state index in [1.165, 1.54) is 18.2 Å². The van der Waals surface area contributed by atoms with Gasteiger partial charge in [0.1, 0.15) is 5.82 Å². The Morgan fingerprint density at radius 2 is 2.00 bits per heavy atom. The summed E-state index contributed by atoms with van der Waals surface area (Å²) >= 11 is 0. The average molecular weight is 370 g/mol. The molecule has 1 aliphatic rings. The minimum atomic E-state index is -0.407. The van der Waals surface area contributed by atoms with Crippen molar-refractivity contribution in [2.45, 2.75) is 12.8 Å². The molecule has 7 heteroatoms. The van der Waals surface area contributed by atoms with Gasteiger partial charge in [0.05, 0.1) is 0 Å². The molecule has 6 nitrogen and oxygen atoms in total. The number of urea groups is 1. The third kappa shape index (κ3) is 5.20. The molecule has 27 heavy (non-hydrogen) atoms. The molecule has 1 fully saturated rings. The summed E-state index contributed by atoms with van der Waals surface area (Å²) in [7, 11) is 0. The molecule has 1 unspecified atom stereocenters. The summed E-state index contributed by atoms with van der Waals surface area (Å²) in [5.74, 6) is -0.283. The molecule has 0 radical (unpaired) electrons. The van der Waals surface area contributed by atoms with E-state index in [0.29, 0.717) is 36.6 Å². The summed E-state index contributed by atoms with van der Waals surface area (Å²) in [5, 5.41) is 5.40. The fourth-order valence-corrected chi connectivity index (χ4v) is 3.25. The van der Waals surface area contributed by atoms with E-state index in [2.05, 4.69) is 10.6 Å². The number of amides is 3. The van der Waals surface area contributed by atoms with Crippen LogP contribution in [-0.4, -0.2) is 36.5 Å². The first-order valence-corrected chi connectivity index (χ1v) is 8.96. The van der Waals surface area contributed by atoms with E-state index in [1.54, 1.807) is 35.2 Å². The van der Waals surface area contributed by atoms with Gasteiger partial charge < -0.3 is 21.3 Å². The van der Waals surface area contributed by atoms with Crippen molar-refractivity contribution < 1.29 is 14.0 Å². The van der Waals surface area contributed by atoms with Gasteiger partial charge in [0, 0.05) is 36.6 Å². The Labute approximate surface area is 157 Å². The van der Waals surface area contributed by atoms with Crippen LogP contribution in [0.25, 0.3) is 0 Å². The van der Waals surface area contributed by atoms with Crippen LogP contribution in [0.5, 0.6) is 0 Å². The number of piperidine rings is 1. The predicted molar refractivity (Wildman–Crippen MR) is 103 cm³/mol. The predicted octanol–water partition coefficient (Wildman–Crippen LogP) is 3.08. The van der Waals surface area contributed by atoms with E-state index in [-0.39, 0.29) is 17.9 Å². The highest BCUT2D eigenvalue weighted by Gasteiger charge is 2.24. The van der Waals surface area contributed by atoms with Crippen molar-refractivity contribution in [1.82, 2.24) is 10.2 Å². The summed E-state index contributed by atoms with van der Waals surface area (Å²) in [6, 6.07) is 12.3. The quantitative estimate of drug-likeness (QED) is 0.723.